The maximum Gasteiger partial charge on any atom is 0.251 e. The van der Waals surface area contributed by atoms with Crippen LogP contribution in [0.2, 0.25) is 0 Å². The molecule has 29 heavy (non-hydrogen) atoms. The Kier molecular flexibility index (Phi) is 6.14. The molecule has 0 radical (unpaired) electrons. The number of carbonyl (C=O) groups is 2. The van der Waals surface area contributed by atoms with Crippen LogP contribution in [0.3, 0.4) is 0 Å². The SMILES string of the molecule is Cc1[nH]c(-c2cccc(-c3ccc(C(=O)NCCN(C)C)cc3)c2)cc1C(N)=O. The molecule has 3 aromatic rings. The van der Waals surface area contributed by atoms with Gasteiger partial charge in [-0.05, 0) is 62.0 Å². The van der Waals surface area contributed by atoms with Gasteiger partial charge in [-0.25, -0.2) is 0 Å². The number of carbonyl (C=O) groups excluding carboxylic acids is 2. The van der Waals surface area contributed by atoms with Crippen molar-refractivity contribution in [2.75, 3.05) is 27.2 Å². The molecular formula is C23H26N4O2. The summed E-state index contributed by atoms with van der Waals surface area (Å²) in [6, 6.07) is 17.3. The van der Waals surface area contributed by atoms with E-state index in [2.05, 4.69) is 10.3 Å². The second kappa shape index (κ2) is 8.75. The van der Waals surface area contributed by atoms with Crippen LogP contribution in [0.5, 0.6) is 0 Å². The molecule has 0 spiro atoms. The minimum absolute atomic E-state index is 0.0759. The summed E-state index contributed by atoms with van der Waals surface area (Å²) in [5, 5.41) is 2.91. The summed E-state index contributed by atoms with van der Waals surface area (Å²) < 4.78 is 0. The second-order valence-electron chi connectivity index (χ2n) is 7.30. The molecule has 0 unspecified atom stereocenters. The van der Waals surface area contributed by atoms with Crippen LogP contribution in [0.15, 0.2) is 54.6 Å². The molecule has 1 heterocycles. The lowest BCUT2D eigenvalue weighted by molar-refractivity contribution is 0.0949. The minimum Gasteiger partial charge on any atom is -0.366 e. The van der Waals surface area contributed by atoms with E-state index in [0.29, 0.717) is 17.7 Å². The minimum atomic E-state index is -0.444. The summed E-state index contributed by atoms with van der Waals surface area (Å²) in [5.74, 6) is -0.520. The summed E-state index contributed by atoms with van der Waals surface area (Å²) in [7, 11) is 3.94. The summed E-state index contributed by atoms with van der Waals surface area (Å²) in [4.78, 5) is 29.0. The molecule has 2 aromatic carbocycles. The lowest BCUT2D eigenvalue weighted by Gasteiger charge is -2.11. The average Bonchev–Trinajstić information content (AvgIpc) is 3.10. The molecule has 150 valence electrons. The van der Waals surface area contributed by atoms with Gasteiger partial charge in [-0.1, -0.05) is 30.3 Å². The van der Waals surface area contributed by atoms with E-state index in [1.165, 1.54) is 0 Å². The molecule has 6 heteroatoms. The van der Waals surface area contributed by atoms with E-state index in [1.54, 1.807) is 6.07 Å². The highest BCUT2D eigenvalue weighted by Crippen LogP contribution is 2.27. The fourth-order valence-corrected chi connectivity index (χ4v) is 3.14. The summed E-state index contributed by atoms with van der Waals surface area (Å²) in [6.45, 7) is 3.24. The second-order valence-corrected chi connectivity index (χ2v) is 7.30. The standard InChI is InChI=1S/C23H26N4O2/c1-15-20(22(24)28)14-21(26-15)19-6-4-5-18(13-19)16-7-9-17(10-8-16)23(29)25-11-12-27(2)3/h4-10,13-14,26H,11-12H2,1-3H3,(H2,24,28)(H,25,29). The van der Waals surface area contributed by atoms with Crippen LogP contribution in [-0.2, 0) is 0 Å². The molecule has 1 aromatic heterocycles. The highest BCUT2D eigenvalue weighted by molar-refractivity contribution is 5.96. The van der Waals surface area contributed by atoms with Crippen molar-refractivity contribution in [3.8, 4) is 22.4 Å². The van der Waals surface area contributed by atoms with E-state index in [4.69, 9.17) is 5.73 Å². The number of amides is 2. The lowest BCUT2D eigenvalue weighted by Crippen LogP contribution is -2.31. The molecule has 4 N–H and O–H groups in total. The fourth-order valence-electron chi connectivity index (χ4n) is 3.14. The first-order valence-electron chi connectivity index (χ1n) is 9.48. The third-order valence-corrected chi connectivity index (χ3v) is 4.78. The number of aryl methyl sites for hydroxylation is 1. The normalized spacial score (nSPS) is 10.9. The summed E-state index contributed by atoms with van der Waals surface area (Å²) >= 11 is 0. The maximum absolute atomic E-state index is 12.2. The first kappa shape index (κ1) is 20.4. The highest BCUT2D eigenvalue weighted by Gasteiger charge is 2.11. The van der Waals surface area contributed by atoms with Gasteiger partial charge in [0.1, 0.15) is 0 Å². The Labute approximate surface area is 170 Å². The van der Waals surface area contributed by atoms with Crippen LogP contribution in [0.25, 0.3) is 22.4 Å². The Hall–Kier alpha value is -3.38. The largest absolute Gasteiger partial charge is 0.366 e. The van der Waals surface area contributed by atoms with Crippen molar-refractivity contribution in [3.05, 3.63) is 71.4 Å². The van der Waals surface area contributed by atoms with Crippen molar-refractivity contribution < 1.29 is 9.59 Å². The van der Waals surface area contributed by atoms with Crippen molar-refractivity contribution in [2.24, 2.45) is 5.73 Å². The smallest absolute Gasteiger partial charge is 0.251 e. The number of hydrogen-bond acceptors (Lipinski definition) is 3. The number of nitrogens with one attached hydrogen (secondary N) is 2. The lowest BCUT2D eigenvalue weighted by atomic mass is 10.0. The van der Waals surface area contributed by atoms with Gasteiger partial charge >= 0.3 is 0 Å². The average molecular weight is 390 g/mol. The zero-order valence-corrected chi connectivity index (χ0v) is 17.0. The molecule has 0 aliphatic heterocycles. The highest BCUT2D eigenvalue weighted by atomic mass is 16.2. The molecule has 0 saturated heterocycles. The molecule has 0 bridgehead atoms. The van der Waals surface area contributed by atoms with Gasteiger partial charge in [0.25, 0.3) is 11.8 Å². The van der Waals surface area contributed by atoms with Crippen LogP contribution in [-0.4, -0.2) is 48.9 Å². The number of nitrogens with two attached hydrogens (primary N) is 1. The predicted molar refractivity (Wildman–Crippen MR) is 116 cm³/mol. The van der Waals surface area contributed by atoms with Gasteiger partial charge in [-0.2, -0.15) is 0 Å². The zero-order chi connectivity index (χ0) is 21.0. The summed E-state index contributed by atoms with van der Waals surface area (Å²) in [5.41, 5.74) is 11.1. The van der Waals surface area contributed by atoms with Gasteiger partial charge in [-0.3, -0.25) is 9.59 Å². The van der Waals surface area contributed by atoms with Gasteiger partial charge in [0, 0.05) is 30.0 Å². The number of hydrogen-bond donors (Lipinski definition) is 3. The van der Waals surface area contributed by atoms with Gasteiger partial charge in [0.2, 0.25) is 0 Å². The van der Waals surface area contributed by atoms with Gasteiger partial charge < -0.3 is 20.9 Å². The predicted octanol–water partition coefficient (Wildman–Crippen LogP) is 3.05. The molecule has 0 fully saturated rings. The first-order valence-corrected chi connectivity index (χ1v) is 9.48. The molecular weight excluding hydrogens is 364 g/mol. The fraction of sp³-hybridized carbons (Fsp3) is 0.217. The van der Waals surface area contributed by atoms with Crippen LogP contribution in [0.1, 0.15) is 26.4 Å². The molecule has 2 amide bonds. The molecule has 0 saturated carbocycles. The van der Waals surface area contributed by atoms with E-state index in [-0.39, 0.29) is 5.91 Å². The maximum atomic E-state index is 12.2. The third kappa shape index (κ3) is 4.92. The van der Waals surface area contributed by atoms with Crippen molar-refractivity contribution in [1.29, 1.82) is 0 Å². The summed E-state index contributed by atoms with van der Waals surface area (Å²) in [6.07, 6.45) is 0. The number of nitrogens with zero attached hydrogens (tertiary/aromatic N) is 1. The number of likely N-dealkylation sites (N-methyl/N-ethyl adjacent to an activating group) is 1. The van der Waals surface area contributed by atoms with Crippen LogP contribution in [0, 0.1) is 6.92 Å². The van der Waals surface area contributed by atoms with Gasteiger partial charge in [-0.15, -0.1) is 0 Å². The van der Waals surface area contributed by atoms with Gasteiger partial charge in [0.05, 0.1) is 5.56 Å². The Balaban J connectivity index is 1.78. The third-order valence-electron chi connectivity index (χ3n) is 4.78. The van der Waals surface area contributed by atoms with E-state index in [9.17, 15) is 9.59 Å². The Morgan fingerprint density at radius 2 is 1.69 bits per heavy atom. The number of aromatic nitrogens is 1. The van der Waals surface area contributed by atoms with Gasteiger partial charge in [0.15, 0.2) is 0 Å². The topological polar surface area (TPSA) is 91.2 Å². The number of H-pyrrole nitrogens is 1. The molecule has 0 aliphatic carbocycles. The number of aromatic amines is 1. The van der Waals surface area contributed by atoms with Crippen LogP contribution >= 0.6 is 0 Å². The number of benzene rings is 2. The molecule has 0 aliphatic rings. The first-order chi connectivity index (χ1) is 13.8. The number of primary amides is 1. The number of rotatable bonds is 7. The van der Waals surface area contributed by atoms with E-state index < -0.39 is 5.91 Å². The van der Waals surface area contributed by atoms with Crippen molar-refractivity contribution in [1.82, 2.24) is 15.2 Å². The van der Waals surface area contributed by atoms with Crippen molar-refractivity contribution in [2.45, 2.75) is 6.92 Å². The van der Waals surface area contributed by atoms with E-state index >= 15 is 0 Å². The monoisotopic (exact) mass is 390 g/mol. The van der Waals surface area contributed by atoms with Crippen molar-refractivity contribution in [3.63, 3.8) is 0 Å². The quantitative estimate of drug-likeness (QED) is 0.579. The van der Waals surface area contributed by atoms with Crippen LogP contribution in [0.4, 0.5) is 0 Å². The molecule has 3 rings (SSSR count). The van der Waals surface area contributed by atoms with Crippen LogP contribution < -0.4 is 11.1 Å². The molecule has 0 atom stereocenters. The Morgan fingerprint density at radius 1 is 1.00 bits per heavy atom. The Morgan fingerprint density at radius 3 is 2.31 bits per heavy atom. The molecule has 6 nitrogen and oxygen atoms in total. The van der Waals surface area contributed by atoms with Crippen molar-refractivity contribution >= 4 is 11.8 Å². The zero-order valence-electron chi connectivity index (χ0n) is 17.0. The van der Waals surface area contributed by atoms with E-state index in [0.717, 1.165) is 34.6 Å². The van der Waals surface area contributed by atoms with E-state index in [1.807, 2.05) is 74.4 Å². The Bertz CT molecular complexity index is 1020.